The van der Waals surface area contributed by atoms with Gasteiger partial charge in [-0.25, -0.2) is 0 Å². The van der Waals surface area contributed by atoms with Gasteiger partial charge in [0.2, 0.25) is 0 Å². The first-order chi connectivity index (χ1) is 44.1. The van der Waals surface area contributed by atoms with Gasteiger partial charge in [0.25, 0.3) is 22.4 Å². The van der Waals surface area contributed by atoms with E-state index in [1.807, 2.05) is 0 Å². The number of alkyl halides is 48. The predicted molar refractivity (Wildman–Crippen MR) is 233 cm³/mol. The number of halogens is 48. The number of hydrogen-bond acceptors (Lipinski definition) is 4. The number of ether oxygens (including phenoxy) is 4. The summed E-state index contributed by atoms with van der Waals surface area (Å²) in [5.74, 6) is 0. The SMILES string of the molecule is FC(F)(F)COC(c1cc([B-](c2cc(C(F)(F)F)cc(C(OCC(F)(F)F)(C(F)(F)F)C(F)(F)F)c2)(c2cc(C(F)(F)F)cc(C(OCC(F)(F)F)(C(F)(F)F)C(F)(F)F)c2)c2cc(C(F)(F)F)cc(C(OCC(F)(F)F)(C(F)(F)F)C(F)(F)F)c2)cc(C(F)(F)F)c1)(C(F)(F)F)C(F)(F)F.[Li+]. The summed E-state index contributed by atoms with van der Waals surface area (Å²) in [5, 5.41) is 0. The molecule has 576 valence electrons. The van der Waals surface area contributed by atoms with Crippen LogP contribution in [0.1, 0.15) is 44.5 Å². The van der Waals surface area contributed by atoms with Crippen LogP contribution in [0.25, 0.3) is 0 Å². The molecule has 0 aliphatic carbocycles. The van der Waals surface area contributed by atoms with Gasteiger partial charge in [0, 0.05) is 0 Å². The first-order valence-electron chi connectivity index (χ1n) is 24.5. The molecule has 0 heterocycles. The summed E-state index contributed by atoms with van der Waals surface area (Å²) in [5.41, 5.74) is -81.6. The molecule has 0 aliphatic rings. The van der Waals surface area contributed by atoms with E-state index < -0.39 is 293 Å². The minimum Gasteiger partial charge on any atom is -0.344 e. The number of hydrogen-bond donors (Lipinski definition) is 0. The van der Waals surface area contributed by atoms with Crippen LogP contribution in [-0.2, 0) is 66.1 Å². The van der Waals surface area contributed by atoms with E-state index in [1.165, 1.54) is 0 Å². The standard InChI is InChI=1S/C48H20BF48O4.Li/c50-29(51,52)13-98-33(41(74,75)76,42(77,78)79)17-1-21(37(62,63)64)9-25(5-17)49(26-6-18(2-22(10-26)38(65,66)67)34(43(80,81)82,44(83,84)85)99-14-30(53,54)55,27-7-19(3-23(11-27)39(68,69)70)35(45(86,87)88,46(89,90)91)100-15-31(56,57)58)28-8-20(4-24(12-28)40(71,72)73)36(47(92,93)94,48(95,96)97)101-16-32(59,60)61;/h1-12H,13-16H2;/q-1;+1. The Morgan fingerprint density at radius 2 is 0.304 bits per heavy atom. The monoisotopic (exact) mass is 1590 g/mol. The Balaban J connectivity index is 0.0000270. The van der Waals surface area contributed by atoms with Crippen molar-refractivity contribution in [3.63, 3.8) is 0 Å². The van der Waals surface area contributed by atoms with Gasteiger partial charge >= 0.3 is 118 Å². The summed E-state index contributed by atoms with van der Waals surface area (Å²) < 4.78 is 732. The topological polar surface area (TPSA) is 36.9 Å². The Morgan fingerprint density at radius 1 is 0.186 bits per heavy atom. The van der Waals surface area contributed by atoms with E-state index in [0.717, 1.165) is 0 Å². The van der Waals surface area contributed by atoms with Crippen LogP contribution in [0.3, 0.4) is 0 Å². The maximum absolute atomic E-state index is 15.5. The molecule has 0 radical (unpaired) electrons. The van der Waals surface area contributed by atoms with Gasteiger partial charge in [-0.05, 0) is 46.5 Å². The Hall–Kier alpha value is -5.98. The first-order valence-corrected chi connectivity index (χ1v) is 24.5. The molecule has 0 atom stereocenters. The summed E-state index contributed by atoms with van der Waals surface area (Å²) in [6, 6.07) is -25.4. The molecule has 4 nitrogen and oxygen atoms in total. The summed E-state index contributed by atoms with van der Waals surface area (Å²) >= 11 is 0. The molecule has 0 unspecified atom stereocenters. The van der Waals surface area contributed by atoms with Gasteiger partial charge in [-0.1, -0.05) is 48.5 Å². The van der Waals surface area contributed by atoms with E-state index in [2.05, 4.69) is 18.9 Å². The Bertz CT molecular complexity index is 3040. The fourth-order valence-corrected chi connectivity index (χ4v) is 9.93. The maximum atomic E-state index is 15.5. The molecule has 0 saturated carbocycles. The van der Waals surface area contributed by atoms with Crippen LogP contribution in [0, 0.1) is 0 Å². The molecule has 0 aliphatic heterocycles. The Labute approximate surface area is 541 Å². The van der Waals surface area contributed by atoms with E-state index in [9.17, 15) is 52.7 Å². The molecule has 4 rings (SSSR count). The third kappa shape index (κ3) is 17.8. The van der Waals surface area contributed by atoms with Crippen molar-refractivity contribution in [2.75, 3.05) is 26.4 Å². The van der Waals surface area contributed by atoms with Crippen LogP contribution >= 0.6 is 0 Å². The van der Waals surface area contributed by atoms with Gasteiger partial charge < -0.3 is 18.9 Å². The average molecular weight is 1590 g/mol. The zero-order valence-corrected chi connectivity index (χ0v) is 47.1. The molecule has 54 heteroatoms. The van der Waals surface area contributed by atoms with Crippen molar-refractivity contribution in [3.05, 3.63) is 117 Å². The summed E-state index contributed by atoms with van der Waals surface area (Å²) in [6.07, 6.45) is -133. The molecule has 102 heavy (non-hydrogen) atoms. The number of benzene rings is 4. The molecular weight excluding hydrogens is 1570 g/mol. The van der Waals surface area contributed by atoms with Crippen LogP contribution in [0.15, 0.2) is 72.8 Å². The normalized spacial score (nSPS) is 15.3. The molecule has 0 saturated heterocycles. The minimum absolute atomic E-state index is 0. The predicted octanol–water partition coefficient (Wildman–Crippen LogP) is 15.7. The zero-order chi connectivity index (χ0) is 79.6. The molecule has 4 aromatic rings. The van der Waals surface area contributed by atoms with Gasteiger partial charge in [-0.15, -0.1) is 0 Å². The quantitative estimate of drug-likeness (QED) is 0.0828. The van der Waals surface area contributed by atoms with E-state index in [-0.39, 0.29) is 18.9 Å². The zero-order valence-electron chi connectivity index (χ0n) is 47.1. The second-order valence-electron chi connectivity index (χ2n) is 20.6. The fraction of sp³-hybridized carbons (Fsp3) is 0.500. The van der Waals surface area contributed by atoms with Gasteiger partial charge in [0.1, 0.15) is 32.6 Å². The van der Waals surface area contributed by atoms with Crippen molar-refractivity contribution in [3.8, 4) is 0 Å². The Morgan fingerprint density at radius 3 is 0.402 bits per heavy atom. The fourth-order valence-electron chi connectivity index (χ4n) is 9.93. The van der Waals surface area contributed by atoms with Crippen molar-refractivity contribution < 1.29 is 249 Å². The molecule has 0 spiro atoms. The molecule has 0 N–H and O–H groups in total. The van der Waals surface area contributed by atoms with Crippen LogP contribution in [0.4, 0.5) is 211 Å². The molecule has 0 amide bonds. The summed E-state index contributed by atoms with van der Waals surface area (Å²) in [4.78, 5) is 0. The van der Waals surface area contributed by atoms with Crippen LogP contribution in [0.5, 0.6) is 0 Å². The first kappa shape index (κ1) is 90.2. The molecular formula is C48H20BF48LiO4. The molecule has 0 bridgehead atoms. The van der Waals surface area contributed by atoms with Crippen molar-refractivity contribution >= 4 is 28.0 Å². The third-order valence-corrected chi connectivity index (χ3v) is 13.8. The summed E-state index contributed by atoms with van der Waals surface area (Å²) in [7, 11) is 0. The van der Waals surface area contributed by atoms with E-state index in [1.54, 1.807) is 0 Å². The smallest absolute Gasteiger partial charge is 0.344 e. The van der Waals surface area contributed by atoms with E-state index >= 15 is 158 Å². The van der Waals surface area contributed by atoms with Gasteiger partial charge in [-0.2, -0.15) is 233 Å². The van der Waals surface area contributed by atoms with Crippen LogP contribution < -0.4 is 40.7 Å². The maximum Gasteiger partial charge on any atom is 1.00 e. The molecule has 4 aromatic carbocycles. The molecule has 0 aromatic heterocycles. The van der Waals surface area contributed by atoms with Crippen LogP contribution in [-0.4, -0.2) is 107 Å². The van der Waals surface area contributed by atoms with Crippen molar-refractivity contribution in [1.82, 2.24) is 0 Å². The largest absolute Gasteiger partial charge is 1.00 e. The molecule has 0 fully saturated rings. The van der Waals surface area contributed by atoms with E-state index in [4.69, 9.17) is 0 Å². The summed E-state index contributed by atoms with van der Waals surface area (Å²) in [6.45, 7) is -17.6. The second kappa shape index (κ2) is 27.1. The van der Waals surface area contributed by atoms with Crippen LogP contribution in [0.2, 0.25) is 0 Å². The van der Waals surface area contributed by atoms with Crippen molar-refractivity contribution in [2.24, 2.45) is 0 Å². The van der Waals surface area contributed by atoms with Crippen molar-refractivity contribution in [1.29, 1.82) is 0 Å². The average Bonchev–Trinajstić information content (AvgIpc) is 0.694. The van der Waals surface area contributed by atoms with Gasteiger partial charge in [0.15, 0.2) is 0 Å². The third-order valence-electron chi connectivity index (χ3n) is 13.8. The minimum atomic E-state index is -8.37. The Kier molecular flexibility index (Phi) is 24.0. The van der Waals surface area contributed by atoms with Crippen molar-refractivity contribution in [2.45, 2.75) is 121 Å². The van der Waals surface area contributed by atoms with Gasteiger partial charge in [0.05, 0.1) is 22.3 Å². The van der Waals surface area contributed by atoms with E-state index in [0.29, 0.717) is 0 Å². The second-order valence-corrected chi connectivity index (χ2v) is 20.6. The number of rotatable bonds is 16. The van der Waals surface area contributed by atoms with Gasteiger partial charge in [-0.3, -0.25) is 0 Å².